The fourth-order valence-corrected chi connectivity index (χ4v) is 3.87. The van der Waals surface area contributed by atoms with Gasteiger partial charge in [-0.1, -0.05) is 10.3 Å². The lowest BCUT2D eigenvalue weighted by Gasteiger charge is -2.33. The van der Waals surface area contributed by atoms with Crippen LogP contribution in [0.3, 0.4) is 0 Å². The van der Waals surface area contributed by atoms with Crippen molar-refractivity contribution in [1.29, 1.82) is 0 Å². The van der Waals surface area contributed by atoms with Gasteiger partial charge in [-0.15, -0.1) is 0 Å². The molecule has 132 valence electrons. The van der Waals surface area contributed by atoms with Crippen LogP contribution >= 0.6 is 0 Å². The van der Waals surface area contributed by atoms with Gasteiger partial charge in [0, 0.05) is 43.7 Å². The Kier molecular flexibility index (Phi) is 4.10. The maximum atomic E-state index is 12.6. The quantitative estimate of drug-likeness (QED) is 0.819. The number of amides is 1. The Balaban J connectivity index is 1.53. The molecule has 0 N–H and O–H groups in total. The molecule has 2 aliphatic heterocycles. The van der Waals surface area contributed by atoms with E-state index in [1.807, 2.05) is 4.90 Å². The Hall–Kier alpha value is -2.51. The van der Waals surface area contributed by atoms with Crippen LogP contribution in [0.2, 0.25) is 0 Å². The first-order valence-electron chi connectivity index (χ1n) is 8.78. The van der Waals surface area contributed by atoms with Crippen molar-refractivity contribution in [3.63, 3.8) is 0 Å². The van der Waals surface area contributed by atoms with Gasteiger partial charge in [0.05, 0.1) is 6.42 Å². The average molecular weight is 343 g/mol. The van der Waals surface area contributed by atoms with Crippen LogP contribution in [-0.2, 0) is 24.2 Å². The zero-order valence-corrected chi connectivity index (χ0v) is 14.3. The first-order chi connectivity index (χ1) is 12.1. The van der Waals surface area contributed by atoms with Gasteiger partial charge < -0.3 is 9.47 Å². The molecule has 2 aromatic heterocycles. The lowest BCUT2D eigenvalue weighted by Crippen LogP contribution is -2.41. The lowest BCUT2D eigenvalue weighted by molar-refractivity contribution is -0.131. The molecule has 0 radical (unpaired) electrons. The molecule has 0 spiro atoms. The fraction of sp³-hybridized carbons (Fsp3) is 0.588. The van der Waals surface area contributed by atoms with Crippen molar-refractivity contribution in [2.75, 3.05) is 13.1 Å². The zero-order valence-electron chi connectivity index (χ0n) is 14.3. The molecule has 0 bridgehead atoms. The number of hydrogen-bond acceptors (Lipinski definition) is 6. The van der Waals surface area contributed by atoms with Gasteiger partial charge in [0.25, 0.3) is 5.56 Å². The van der Waals surface area contributed by atoms with E-state index in [1.54, 1.807) is 13.0 Å². The molecule has 8 heteroatoms. The van der Waals surface area contributed by atoms with Crippen LogP contribution in [0.25, 0.3) is 0 Å². The summed E-state index contributed by atoms with van der Waals surface area (Å²) in [5.41, 5.74) is 2.11. The normalized spacial score (nSPS) is 19.9. The molecule has 0 aromatic carbocycles. The number of piperidine rings is 1. The number of hydrogen-bond donors (Lipinski definition) is 0. The summed E-state index contributed by atoms with van der Waals surface area (Å²) >= 11 is 0. The van der Waals surface area contributed by atoms with Crippen molar-refractivity contribution in [2.45, 2.75) is 51.5 Å². The minimum Gasteiger partial charge on any atom is -0.342 e. The number of carbonyl (C=O) groups excluding carboxylic acids is 1. The van der Waals surface area contributed by atoms with Gasteiger partial charge in [-0.2, -0.15) is 4.98 Å². The van der Waals surface area contributed by atoms with E-state index in [2.05, 4.69) is 24.5 Å². The molecule has 4 rings (SSSR count). The largest absolute Gasteiger partial charge is 0.342 e. The molecule has 0 saturated carbocycles. The predicted molar refractivity (Wildman–Crippen MR) is 88.1 cm³/mol. The molecule has 1 fully saturated rings. The Morgan fingerprint density at radius 3 is 3.00 bits per heavy atom. The van der Waals surface area contributed by atoms with E-state index in [0.717, 1.165) is 50.3 Å². The average Bonchev–Trinajstić information content (AvgIpc) is 3.23. The maximum absolute atomic E-state index is 12.6. The third-order valence-electron chi connectivity index (χ3n) is 5.17. The molecule has 1 unspecified atom stereocenters. The van der Waals surface area contributed by atoms with Crippen molar-refractivity contribution in [3.8, 4) is 0 Å². The Labute approximate surface area is 144 Å². The van der Waals surface area contributed by atoms with Crippen LogP contribution in [0.4, 0.5) is 0 Å². The highest BCUT2D eigenvalue weighted by atomic mass is 16.6. The highest BCUT2D eigenvalue weighted by Gasteiger charge is 2.29. The minimum absolute atomic E-state index is 0.0292. The van der Waals surface area contributed by atoms with E-state index in [1.165, 1.54) is 0 Å². The first-order valence-corrected chi connectivity index (χ1v) is 8.78. The summed E-state index contributed by atoms with van der Waals surface area (Å²) in [4.78, 5) is 30.6. The summed E-state index contributed by atoms with van der Waals surface area (Å²) in [5, 5.41) is 7.52. The highest BCUT2D eigenvalue weighted by molar-refractivity contribution is 5.78. The summed E-state index contributed by atoms with van der Waals surface area (Å²) in [5.74, 6) is 1.10. The van der Waals surface area contributed by atoms with Crippen molar-refractivity contribution >= 4 is 5.91 Å². The van der Waals surface area contributed by atoms with Crippen LogP contribution in [0.1, 0.15) is 48.1 Å². The summed E-state index contributed by atoms with van der Waals surface area (Å²) in [7, 11) is 0. The summed E-state index contributed by atoms with van der Waals surface area (Å²) < 4.78 is 6.84. The fourth-order valence-electron chi connectivity index (χ4n) is 3.87. The standard InChI is InChI=1S/C17H21N5O3/c1-11-13(20-25-19-11)8-17(24)21-6-2-4-12(10-21)14-9-16(23)18-15-5-3-7-22(14)15/h9,12H,2-8,10H2,1H3. The number of nitrogens with zero attached hydrogens (tertiary/aromatic N) is 5. The van der Waals surface area contributed by atoms with Gasteiger partial charge in [0.15, 0.2) is 0 Å². The smallest absolute Gasteiger partial charge is 0.273 e. The highest BCUT2D eigenvalue weighted by Crippen LogP contribution is 2.29. The maximum Gasteiger partial charge on any atom is 0.273 e. The number of aromatic nitrogens is 4. The third-order valence-corrected chi connectivity index (χ3v) is 5.17. The molecule has 2 aliphatic rings. The number of aryl methyl sites for hydroxylation is 2. The van der Waals surface area contributed by atoms with E-state index in [9.17, 15) is 9.59 Å². The summed E-state index contributed by atoms with van der Waals surface area (Å²) in [6.07, 6.45) is 4.00. The molecule has 25 heavy (non-hydrogen) atoms. The van der Waals surface area contributed by atoms with Gasteiger partial charge in [0.2, 0.25) is 5.91 Å². The second-order valence-corrected chi connectivity index (χ2v) is 6.84. The topological polar surface area (TPSA) is 94.1 Å². The Bertz CT molecular complexity index is 856. The summed E-state index contributed by atoms with van der Waals surface area (Å²) in [6, 6.07) is 1.65. The number of likely N-dealkylation sites (tertiary alicyclic amines) is 1. The Morgan fingerprint density at radius 2 is 2.20 bits per heavy atom. The van der Waals surface area contributed by atoms with Crippen molar-refractivity contribution in [1.82, 2.24) is 24.8 Å². The monoisotopic (exact) mass is 343 g/mol. The van der Waals surface area contributed by atoms with Crippen LogP contribution in [0.5, 0.6) is 0 Å². The molecule has 4 heterocycles. The minimum atomic E-state index is -0.170. The van der Waals surface area contributed by atoms with Crippen LogP contribution in [-0.4, -0.2) is 43.8 Å². The molecular formula is C17H21N5O3. The van der Waals surface area contributed by atoms with Gasteiger partial charge >= 0.3 is 0 Å². The zero-order chi connectivity index (χ0) is 17.4. The van der Waals surface area contributed by atoms with Crippen molar-refractivity contribution < 1.29 is 9.42 Å². The molecule has 0 aliphatic carbocycles. The Morgan fingerprint density at radius 1 is 1.32 bits per heavy atom. The van der Waals surface area contributed by atoms with Gasteiger partial charge in [-0.25, -0.2) is 4.63 Å². The first kappa shape index (κ1) is 16.0. The van der Waals surface area contributed by atoms with Crippen LogP contribution < -0.4 is 5.56 Å². The van der Waals surface area contributed by atoms with E-state index >= 15 is 0 Å². The SMILES string of the molecule is Cc1nonc1CC(=O)N1CCCC(c2cc(=O)nc3n2CCC3)C1. The van der Waals surface area contributed by atoms with Crippen LogP contribution in [0.15, 0.2) is 15.5 Å². The van der Waals surface area contributed by atoms with Crippen molar-refractivity contribution in [3.05, 3.63) is 39.3 Å². The number of carbonyl (C=O) groups is 1. The van der Waals surface area contributed by atoms with Crippen molar-refractivity contribution in [2.24, 2.45) is 0 Å². The van der Waals surface area contributed by atoms with Gasteiger partial charge in [-0.3, -0.25) is 9.59 Å². The van der Waals surface area contributed by atoms with E-state index < -0.39 is 0 Å². The van der Waals surface area contributed by atoms with Gasteiger partial charge in [-0.05, 0) is 26.2 Å². The molecular weight excluding hydrogens is 322 g/mol. The van der Waals surface area contributed by atoms with E-state index in [-0.39, 0.29) is 23.8 Å². The second-order valence-electron chi connectivity index (χ2n) is 6.84. The number of rotatable bonds is 3. The molecule has 1 amide bonds. The van der Waals surface area contributed by atoms with Crippen LogP contribution in [0, 0.1) is 6.92 Å². The number of fused-ring (bicyclic) bond motifs is 1. The molecule has 8 nitrogen and oxygen atoms in total. The van der Waals surface area contributed by atoms with Gasteiger partial charge in [0.1, 0.15) is 17.2 Å². The molecule has 1 saturated heterocycles. The molecule has 2 aromatic rings. The second kappa shape index (κ2) is 6.42. The third kappa shape index (κ3) is 3.08. The van der Waals surface area contributed by atoms with E-state index in [0.29, 0.717) is 17.9 Å². The predicted octanol–water partition coefficient (Wildman–Crippen LogP) is 0.830. The molecule has 1 atom stereocenters. The summed E-state index contributed by atoms with van der Waals surface area (Å²) in [6.45, 7) is 4.06. The lowest BCUT2D eigenvalue weighted by atomic mass is 9.93. The van der Waals surface area contributed by atoms with E-state index in [4.69, 9.17) is 0 Å².